The zero-order valence-corrected chi connectivity index (χ0v) is 13.9. The Kier molecular flexibility index (Phi) is 6.20. The van der Waals surface area contributed by atoms with E-state index in [2.05, 4.69) is 5.32 Å². The second kappa shape index (κ2) is 7.47. The van der Waals surface area contributed by atoms with Gasteiger partial charge in [0.15, 0.2) is 0 Å². The Labute approximate surface area is 138 Å². The van der Waals surface area contributed by atoms with Crippen LogP contribution < -0.4 is 5.32 Å². The SMILES string of the molecule is CC(C)(C)OC(=O)NCC=Cc1cc(Cl)c(Cl)cc1[N+](=O)[O-]. The molecule has 1 N–H and O–H groups in total. The summed E-state index contributed by atoms with van der Waals surface area (Å²) < 4.78 is 5.06. The summed E-state index contributed by atoms with van der Waals surface area (Å²) in [5.74, 6) is 0. The van der Waals surface area contributed by atoms with E-state index in [0.29, 0.717) is 5.56 Å². The van der Waals surface area contributed by atoms with Gasteiger partial charge in [-0.2, -0.15) is 0 Å². The number of halogens is 2. The van der Waals surface area contributed by atoms with Gasteiger partial charge in [-0.3, -0.25) is 10.1 Å². The van der Waals surface area contributed by atoms with Crippen molar-refractivity contribution in [1.82, 2.24) is 5.32 Å². The number of carbonyl (C=O) groups excluding carboxylic acids is 1. The minimum absolute atomic E-state index is 0.109. The molecule has 0 aliphatic rings. The van der Waals surface area contributed by atoms with Crippen molar-refractivity contribution in [2.24, 2.45) is 0 Å². The number of nitrogens with zero attached hydrogens (tertiary/aromatic N) is 1. The van der Waals surface area contributed by atoms with E-state index >= 15 is 0 Å². The van der Waals surface area contributed by atoms with Gasteiger partial charge in [0, 0.05) is 12.6 Å². The van der Waals surface area contributed by atoms with E-state index in [1.807, 2.05) is 0 Å². The highest BCUT2D eigenvalue weighted by Crippen LogP contribution is 2.31. The summed E-state index contributed by atoms with van der Waals surface area (Å²) in [6.07, 6.45) is 2.47. The molecule has 6 nitrogen and oxygen atoms in total. The minimum Gasteiger partial charge on any atom is -0.444 e. The molecule has 0 unspecified atom stereocenters. The van der Waals surface area contributed by atoms with E-state index in [1.54, 1.807) is 26.8 Å². The summed E-state index contributed by atoms with van der Waals surface area (Å²) in [4.78, 5) is 21.8. The molecule has 1 aromatic carbocycles. The predicted molar refractivity (Wildman–Crippen MR) is 86.4 cm³/mol. The molecule has 1 amide bonds. The van der Waals surface area contributed by atoms with Crippen LogP contribution in [0, 0.1) is 10.1 Å². The summed E-state index contributed by atoms with van der Waals surface area (Å²) in [7, 11) is 0. The van der Waals surface area contributed by atoms with Crippen LogP contribution in [0.3, 0.4) is 0 Å². The van der Waals surface area contributed by atoms with Gasteiger partial charge in [-0.25, -0.2) is 4.79 Å². The average molecular weight is 347 g/mol. The molecule has 120 valence electrons. The van der Waals surface area contributed by atoms with Crippen LogP contribution in [0.2, 0.25) is 10.0 Å². The molecule has 0 heterocycles. The number of ether oxygens (including phenoxy) is 1. The maximum atomic E-state index is 11.4. The van der Waals surface area contributed by atoms with E-state index in [4.69, 9.17) is 27.9 Å². The Hall–Kier alpha value is -1.79. The number of alkyl carbamates (subject to hydrolysis) is 1. The first kappa shape index (κ1) is 18.3. The maximum Gasteiger partial charge on any atom is 0.407 e. The Balaban J connectivity index is 2.73. The van der Waals surface area contributed by atoms with Gasteiger partial charge in [0.1, 0.15) is 5.60 Å². The quantitative estimate of drug-likeness (QED) is 0.645. The third-order valence-electron chi connectivity index (χ3n) is 2.33. The van der Waals surface area contributed by atoms with E-state index in [-0.39, 0.29) is 22.3 Å². The summed E-state index contributed by atoms with van der Waals surface area (Å²) in [6.45, 7) is 5.41. The largest absolute Gasteiger partial charge is 0.444 e. The van der Waals surface area contributed by atoms with Crippen molar-refractivity contribution < 1.29 is 14.5 Å². The highest BCUT2D eigenvalue weighted by atomic mass is 35.5. The lowest BCUT2D eigenvalue weighted by Gasteiger charge is -2.19. The maximum absolute atomic E-state index is 11.4. The van der Waals surface area contributed by atoms with Crippen LogP contribution in [0.25, 0.3) is 6.08 Å². The fourth-order valence-electron chi connectivity index (χ4n) is 1.49. The fourth-order valence-corrected chi connectivity index (χ4v) is 1.82. The molecule has 1 aromatic rings. The highest BCUT2D eigenvalue weighted by Gasteiger charge is 2.16. The number of benzene rings is 1. The van der Waals surface area contributed by atoms with E-state index < -0.39 is 16.6 Å². The van der Waals surface area contributed by atoms with Crippen LogP contribution in [0.1, 0.15) is 26.3 Å². The van der Waals surface area contributed by atoms with E-state index in [9.17, 15) is 14.9 Å². The first-order valence-electron chi connectivity index (χ1n) is 6.37. The molecule has 0 aromatic heterocycles. The summed E-state index contributed by atoms with van der Waals surface area (Å²) in [5, 5.41) is 13.8. The van der Waals surface area contributed by atoms with Gasteiger partial charge < -0.3 is 10.1 Å². The summed E-state index contributed by atoms with van der Waals surface area (Å²) >= 11 is 11.6. The Morgan fingerprint density at radius 3 is 2.50 bits per heavy atom. The van der Waals surface area contributed by atoms with Crippen LogP contribution in [0.15, 0.2) is 18.2 Å². The van der Waals surface area contributed by atoms with Crippen molar-refractivity contribution in [1.29, 1.82) is 0 Å². The molecule has 0 aliphatic heterocycles. The zero-order valence-electron chi connectivity index (χ0n) is 12.4. The standard InChI is InChI=1S/C14H16Cl2N2O4/c1-14(2,3)22-13(19)17-6-4-5-9-7-10(15)11(16)8-12(9)18(20)21/h4-5,7-8H,6H2,1-3H3,(H,17,19). The van der Waals surface area contributed by atoms with E-state index in [1.165, 1.54) is 18.2 Å². The fraction of sp³-hybridized carbons (Fsp3) is 0.357. The number of hydrogen-bond donors (Lipinski definition) is 1. The number of hydrogen-bond acceptors (Lipinski definition) is 4. The molecule has 0 saturated carbocycles. The summed E-state index contributed by atoms with van der Waals surface area (Å²) in [5.41, 5.74) is -0.454. The molecule has 22 heavy (non-hydrogen) atoms. The number of nitrogens with one attached hydrogen (secondary N) is 1. The van der Waals surface area contributed by atoms with Crippen molar-refractivity contribution in [3.05, 3.63) is 43.9 Å². The molecule has 0 aliphatic carbocycles. The second-order valence-electron chi connectivity index (χ2n) is 5.37. The van der Waals surface area contributed by atoms with Gasteiger partial charge in [0.05, 0.1) is 20.5 Å². The zero-order chi connectivity index (χ0) is 16.9. The van der Waals surface area contributed by atoms with Crippen molar-refractivity contribution in [3.8, 4) is 0 Å². The van der Waals surface area contributed by atoms with Crippen LogP contribution in [0.5, 0.6) is 0 Å². The van der Waals surface area contributed by atoms with Gasteiger partial charge in [0.25, 0.3) is 5.69 Å². The Bertz CT molecular complexity index is 610. The van der Waals surface area contributed by atoms with Gasteiger partial charge in [-0.1, -0.05) is 35.4 Å². The van der Waals surface area contributed by atoms with Crippen LogP contribution in [-0.4, -0.2) is 23.2 Å². The third-order valence-corrected chi connectivity index (χ3v) is 3.05. The molecule has 0 fully saturated rings. The number of nitro groups is 1. The first-order chi connectivity index (χ1) is 10.1. The summed E-state index contributed by atoms with van der Waals surface area (Å²) in [6, 6.07) is 2.58. The molecule has 0 spiro atoms. The van der Waals surface area contributed by atoms with Crippen molar-refractivity contribution in [2.45, 2.75) is 26.4 Å². The van der Waals surface area contributed by atoms with Gasteiger partial charge >= 0.3 is 6.09 Å². The van der Waals surface area contributed by atoms with Crippen molar-refractivity contribution >= 4 is 41.1 Å². The first-order valence-corrected chi connectivity index (χ1v) is 7.12. The van der Waals surface area contributed by atoms with Crippen LogP contribution in [-0.2, 0) is 4.74 Å². The lowest BCUT2D eigenvalue weighted by Crippen LogP contribution is -2.32. The number of carbonyl (C=O) groups is 1. The number of amides is 1. The van der Waals surface area contributed by atoms with Gasteiger partial charge in [-0.15, -0.1) is 0 Å². The smallest absolute Gasteiger partial charge is 0.407 e. The monoisotopic (exact) mass is 346 g/mol. The van der Waals surface area contributed by atoms with Crippen molar-refractivity contribution in [3.63, 3.8) is 0 Å². The normalized spacial score (nSPS) is 11.5. The third kappa shape index (κ3) is 5.91. The van der Waals surface area contributed by atoms with Crippen molar-refractivity contribution in [2.75, 3.05) is 6.54 Å². The van der Waals surface area contributed by atoms with E-state index in [0.717, 1.165) is 0 Å². The highest BCUT2D eigenvalue weighted by molar-refractivity contribution is 6.42. The second-order valence-corrected chi connectivity index (χ2v) is 6.18. The minimum atomic E-state index is -0.587. The number of nitro benzene ring substituents is 1. The molecule has 0 radical (unpaired) electrons. The Morgan fingerprint density at radius 2 is 1.95 bits per heavy atom. The Morgan fingerprint density at radius 1 is 1.36 bits per heavy atom. The van der Waals surface area contributed by atoms with Crippen LogP contribution in [0.4, 0.5) is 10.5 Å². The van der Waals surface area contributed by atoms with Crippen LogP contribution >= 0.6 is 23.2 Å². The lowest BCUT2D eigenvalue weighted by atomic mass is 10.1. The number of rotatable bonds is 4. The molecule has 8 heteroatoms. The molecular weight excluding hydrogens is 331 g/mol. The van der Waals surface area contributed by atoms with Gasteiger partial charge in [-0.05, 0) is 26.8 Å². The van der Waals surface area contributed by atoms with Gasteiger partial charge in [0.2, 0.25) is 0 Å². The molecular formula is C14H16Cl2N2O4. The molecule has 0 bridgehead atoms. The topological polar surface area (TPSA) is 81.5 Å². The lowest BCUT2D eigenvalue weighted by molar-refractivity contribution is -0.385. The molecule has 0 atom stereocenters. The molecule has 0 saturated heterocycles. The predicted octanol–water partition coefficient (Wildman–Crippen LogP) is 4.44. The molecule has 1 rings (SSSR count). The average Bonchev–Trinajstić information content (AvgIpc) is 2.35.